The molecule has 2 amide bonds. The number of carboxylic acids is 1. The first-order valence-electron chi connectivity index (χ1n) is 6.13. The van der Waals surface area contributed by atoms with Gasteiger partial charge in [0.15, 0.2) is 5.82 Å². The fourth-order valence-electron chi connectivity index (χ4n) is 1.52. The van der Waals surface area contributed by atoms with E-state index < -0.39 is 18.0 Å². The van der Waals surface area contributed by atoms with Gasteiger partial charge in [0.1, 0.15) is 12.4 Å². The van der Waals surface area contributed by atoms with Crippen LogP contribution in [-0.2, 0) is 23.1 Å². The highest BCUT2D eigenvalue weighted by Crippen LogP contribution is 1.98. The Morgan fingerprint density at radius 1 is 1.55 bits per heavy atom. The topological polar surface area (TPSA) is 118 Å². The standard InChI is InChI=1S/C11H19N5O4/c1-16-7-13-15-9(16)6-12-11(19)14-8(10(17)18)4-3-5-20-2/h7-8H,3-6H2,1-2H3,(H,17,18)(H2,12,14,19). The lowest BCUT2D eigenvalue weighted by atomic mass is 10.1. The Balaban J connectivity index is 2.38. The van der Waals surface area contributed by atoms with Gasteiger partial charge in [0.25, 0.3) is 0 Å². The number of ether oxygens (including phenoxy) is 1. The Labute approximate surface area is 116 Å². The Hall–Kier alpha value is -2.16. The minimum absolute atomic E-state index is 0.173. The molecule has 0 aliphatic heterocycles. The molecule has 1 atom stereocenters. The molecule has 112 valence electrons. The number of carbonyl (C=O) groups excluding carboxylic acids is 1. The van der Waals surface area contributed by atoms with Crippen molar-refractivity contribution in [1.82, 2.24) is 25.4 Å². The molecule has 1 unspecified atom stereocenters. The van der Waals surface area contributed by atoms with Crippen LogP contribution in [0.4, 0.5) is 4.79 Å². The number of aromatic nitrogens is 3. The number of carboxylic acid groups (broad SMARTS) is 1. The quantitative estimate of drug-likeness (QED) is 0.554. The predicted molar refractivity (Wildman–Crippen MR) is 68.9 cm³/mol. The van der Waals surface area contributed by atoms with E-state index >= 15 is 0 Å². The minimum atomic E-state index is -1.07. The number of rotatable bonds is 8. The summed E-state index contributed by atoms with van der Waals surface area (Å²) >= 11 is 0. The SMILES string of the molecule is COCCCC(NC(=O)NCc1nncn1C)C(=O)O. The third-order valence-electron chi connectivity index (χ3n) is 2.66. The lowest BCUT2D eigenvalue weighted by molar-refractivity contribution is -0.139. The number of methoxy groups -OCH3 is 1. The van der Waals surface area contributed by atoms with E-state index in [0.29, 0.717) is 25.3 Å². The third-order valence-corrected chi connectivity index (χ3v) is 2.66. The molecule has 1 rings (SSSR count). The summed E-state index contributed by atoms with van der Waals surface area (Å²) in [7, 11) is 3.29. The van der Waals surface area contributed by atoms with E-state index in [1.807, 2.05) is 0 Å². The molecule has 0 aromatic carbocycles. The normalized spacial score (nSPS) is 11.9. The first-order chi connectivity index (χ1) is 9.54. The summed E-state index contributed by atoms with van der Waals surface area (Å²) in [5.74, 6) is -0.499. The van der Waals surface area contributed by atoms with Crippen LogP contribution in [-0.4, -0.2) is 51.6 Å². The van der Waals surface area contributed by atoms with Crippen molar-refractivity contribution >= 4 is 12.0 Å². The van der Waals surface area contributed by atoms with Gasteiger partial charge in [-0.25, -0.2) is 9.59 Å². The van der Waals surface area contributed by atoms with Crippen LogP contribution in [0.3, 0.4) is 0 Å². The predicted octanol–water partition coefficient (Wildman–Crippen LogP) is -0.506. The van der Waals surface area contributed by atoms with Gasteiger partial charge < -0.3 is 25.0 Å². The van der Waals surface area contributed by atoms with Crippen LogP contribution in [0.25, 0.3) is 0 Å². The molecule has 9 heteroatoms. The molecule has 0 radical (unpaired) electrons. The second-order valence-electron chi connectivity index (χ2n) is 4.21. The molecule has 9 nitrogen and oxygen atoms in total. The molecule has 0 bridgehead atoms. The van der Waals surface area contributed by atoms with Crippen LogP contribution in [0, 0.1) is 0 Å². The van der Waals surface area contributed by atoms with Crippen LogP contribution in [0.2, 0.25) is 0 Å². The first kappa shape index (κ1) is 15.9. The fraction of sp³-hybridized carbons (Fsp3) is 0.636. The van der Waals surface area contributed by atoms with Crippen molar-refractivity contribution in [3.05, 3.63) is 12.2 Å². The van der Waals surface area contributed by atoms with Gasteiger partial charge in [0, 0.05) is 20.8 Å². The average Bonchev–Trinajstić information content (AvgIpc) is 2.81. The van der Waals surface area contributed by atoms with E-state index in [1.54, 1.807) is 11.6 Å². The van der Waals surface area contributed by atoms with Gasteiger partial charge in [-0.1, -0.05) is 0 Å². The molecule has 0 aliphatic carbocycles. The number of urea groups is 1. The summed E-state index contributed by atoms with van der Waals surface area (Å²) in [5.41, 5.74) is 0. The second-order valence-corrected chi connectivity index (χ2v) is 4.21. The highest BCUT2D eigenvalue weighted by molar-refractivity contribution is 5.82. The summed E-state index contributed by atoms with van der Waals surface area (Å²) in [6.07, 6.45) is 2.37. The maximum absolute atomic E-state index is 11.6. The summed E-state index contributed by atoms with van der Waals surface area (Å²) in [6, 6.07) is -1.50. The number of nitrogens with zero attached hydrogens (tertiary/aromatic N) is 3. The van der Waals surface area contributed by atoms with E-state index in [9.17, 15) is 9.59 Å². The van der Waals surface area contributed by atoms with E-state index in [-0.39, 0.29) is 6.54 Å². The Bertz CT molecular complexity index is 448. The molecule has 1 aromatic heterocycles. The van der Waals surface area contributed by atoms with Crippen LogP contribution in [0.15, 0.2) is 6.33 Å². The van der Waals surface area contributed by atoms with Gasteiger partial charge in [0.05, 0.1) is 6.54 Å². The Morgan fingerprint density at radius 2 is 2.30 bits per heavy atom. The van der Waals surface area contributed by atoms with Gasteiger partial charge in [-0.3, -0.25) is 0 Å². The number of hydrogen-bond donors (Lipinski definition) is 3. The van der Waals surface area contributed by atoms with Crippen molar-refractivity contribution in [3.63, 3.8) is 0 Å². The molecule has 0 aliphatic rings. The second kappa shape index (κ2) is 8.10. The molecular weight excluding hydrogens is 266 g/mol. The van der Waals surface area contributed by atoms with Gasteiger partial charge in [-0.2, -0.15) is 0 Å². The lowest BCUT2D eigenvalue weighted by Crippen LogP contribution is -2.46. The smallest absolute Gasteiger partial charge is 0.326 e. The molecule has 1 aromatic rings. The van der Waals surface area contributed by atoms with Crippen molar-refractivity contribution in [2.24, 2.45) is 7.05 Å². The highest BCUT2D eigenvalue weighted by atomic mass is 16.5. The average molecular weight is 285 g/mol. The van der Waals surface area contributed by atoms with E-state index in [4.69, 9.17) is 9.84 Å². The summed E-state index contributed by atoms with van der Waals surface area (Å²) in [6.45, 7) is 0.624. The van der Waals surface area contributed by atoms with E-state index in [0.717, 1.165) is 0 Å². The summed E-state index contributed by atoms with van der Waals surface area (Å²) in [5, 5.41) is 21.4. The van der Waals surface area contributed by atoms with E-state index in [1.165, 1.54) is 13.4 Å². The van der Waals surface area contributed by atoms with Crippen molar-refractivity contribution in [3.8, 4) is 0 Å². The van der Waals surface area contributed by atoms with E-state index in [2.05, 4.69) is 20.8 Å². The van der Waals surface area contributed by atoms with Gasteiger partial charge >= 0.3 is 12.0 Å². The zero-order chi connectivity index (χ0) is 15.0. The molecule has 0 saturated heterocycles. The molecule has 20 heavy (non-hydrogen) atoms. The first-order valence-corrected chi connectivity index (χ1v) is 6.13. The Morgan fingerprint density at radius 3 is 2.85 bits per heavy atom. The van der Waals surface area contributed by atoms with Crippen LogP contribution < -0.4 is 10.6 Å². The minimum Gasteiger partial charge on any atom is -0.480 e. The molecular formula is C11H19N5O4. The zero-order valence-corrected chi connectivity index (χ0v) is 11.5. The number of carbonyl (C=O) groups is 2. The van der Waals surface area contributed by atoms with Crippen molar-refractivity contribution in [1.29, 1.82) is 0 Å². The number of hydrogen-bond acceptors (Lipinski definition) is 5. The monoisotopic (exact) mass is 285 g/mol. The number of aliphatic carboxylic acids is 1. The molecule has 0 saturated carbocycles. The zero-order valence-electron chi connectivity index (χ0n) is 11.5. The van der Waals surface area contributed by atoms with Crippen molar-refractivity contribution in [2.75, 3.05) is 13.7 Å². The third kappa shape index (κ3) is 5.22. The molecule has 0 spiro atoms. The largest absolute Gasteiger partial charge is 0.480 e. The fourth-order valence-corrected chi connectivity index (χ4v) is 1.52. The molecule has 3 N–H and O–H groups in total. The summed E-state index contributed by atoms with van der Waals surface area (Å²) < 4.78 is 6.51. The van der Waals surface area contributed by atoms with Crippen LogP contribution in [0.1, 0.15) is 18.7 Å². The van der Waals surface area contributed by atoms with Gasteiger partial charge in [-0.05, 0) is 12.8 Å². The van der Waals surface area contributed by atoms with Gasteiger partial charge in [-0.15, -0.1) is 10.2 Å². The number of nitrogens with one attached hydrogen (secondary N) is 2. The maximum atomic E-state index is 11.6. The number of aryl methyl sites for hydroxylation is 1. The van der Waals surface area contributed by atoms with Gasteiger partial charge in [0.2, 0.25) is 0 Å². The Kier molecular flexibility index (Phi) is 6.44. The summed E-state index contributed by atoms with van der Waals surface area (Å²) in [4.78, 5) is 22.6. The molecule has 1 heterocycles. The number of amides is 2. The van der Waals surface area contributed by atoms with Crippen molar-refractivity contribution < 1.29 is 19.4 Å². The lowest BCUT2D eigenvalue weighted by Gasteiger charge is -2.14. The van der Waals surface area contributed by atoms with Crippen LogP contribution in [0.5, 0.6) is 0 Å². The van der Waals surface area contributed by atoms with Crippen LogP contribution >= 0.6 is 0 Å². The maximum Gasteiger partial charge on any atom is 0.326 e. The van der Waals surface area contributed by atoms with Crippen molar-refractivity contribution in [2.45, 2.75) is 25.4 Å². The highest BCUT2D eigenvalue weighted by Gasteiger charge is 2.19. The molecule has 0 fully saturated rings.